The Hall–Kier alpha value is -0.990. The third-order valence-electron chi connectivity index (χ3n) is 2.47. The molecule has 1 fully saturated rings. The highest BCUT2D eigenvalue weighted by Gasteiger charge is 2.42. The van der Waals surface area contributed by atoms with Crippen molar-refractivity contribution in [2.75, 3.05) is 6.61 Å². The molecule has 0 spiro atoms. The van der Waals surface area contributed by atoms with Gasteiger partial charge in [-0.25, -0.2) is 0 Å². The molecule has 0 amide bonds. The number of rotatable bonds is 4. The molecule has 7 heteroatoms. The van der Waals surface area contributed by atoms with Gasteiger partial charge in [0, 0.05) is 6.20 Å². The summed E-state index contributed by atoms with van der Waals surface area (Å²) in [5.41, 5.74) is 0. The molecule has 98 valence electrons. The summed E-state index contributed by atoms with van der Waals surface area (Å²) in [6, 6.07) is 0. The Labute approximate surface area is 98.3 Å². The summed E-state index contributed by atoms with van der Waals surface area (Å²) in [7, 11) is 0. The highest BCUT2D eigenvalue weighted by molar-refractivity contribution is 5.87. The first-order valence-corrected chi connectivity index (χ1v) is 5.21. The van der Waals surface area contributed by atoms with E-state index >= 15 is 0 Å². The maximum atomic E-state index is 10.6. The molecule has 0 aromatic rings. The average Bonchev–Trinajstić information content (AvgIpc) is 2.29. The fourth-order valence-electron chi connectivity index (χ4n) is 1.50. The zero-order valence-electron chi connectivity index (χ0n) is 9.35. The second-order valence-electron chi connectivity index (χ2n) is 3.86. The predicted molar refractivity (Wildman–Crippen MR) is 56.7 cm³/mol. The Balaban J connectivity index is 2.62. The van der Waals surface area contributed by atoms with Crippen molar-refractivity contribution in [3.05, 3.63) is 12.3 Å². The smallest absolute Gasteiger partial charge is 0.156 e. The second kappa shape index (κ2) is 6.08. The fourth-order valence-corrected chi connectivity index (χ4v) is 1.50. The summed E-state index contributed by atoms with van der Waals surface area (Å²) in [5.74, 6) is -0.193. The molecule has 0 unspecified atom stereocenters. The van der Waals surface area contributed by atoms with E-state index < -0.39 is 37.3 Å². The van der Waals surface area contributed by atoms with Crippen molar-refractivity contribution < 1.29 is 30.0 Å². The van der Waals surface area contributed by atoms with Gasteiger partial charge in [0.25, 0.3) is 0 Å². The molecule has 0 aromatic heterocycles. The van der Waals surface area contributed by atoms with Crippen molar-refractivity contribution in [3.8, 4) is 0 Å². The lowest BCUT2D eigenvalue weighted by Gasteiger charge is -2.39. The van der Waals surface area contributed by atoms with E-state index in [1.807, 2.05) is 0 Å². The lowest BCUT2D eigenvalue weighted by Crippen LogP contribution is -2.61. The van der Waals surface area contributed by atoms with Gasteiger partial charge >= 0.3 is 0 Å². The van der Waals surface area contributed by atoms with Crippen LogP contribution in [-0.4, -0.2) is 63.5 Å². The highest BCUT2D eigenvalue weighted by Crippen LogP contribution is 2.19. The van der Waals surface area contributed by atoms with Crippen LogP contribution in [0.3, 0.4) is 0 Å². The topological polar surface area (TPSA) is 119 Å². The molecular weight excluding hydrogens is 230 g/mol. The van der Waals surface area contributed by atoms with Crippen LogP contribution in [0.2, 0.25) is 0 Å². The van der Waals surface area contributed by atoms with Crippen LogP contribution in [0, 0.1) is 0 Å². The van der Waals surface area contributed by atoms with E-state index in [2.05, 4.69) is 5.32 Å². The number of nitrogens with one attached hydrogen (secondary N) is 1. The van der Waals surface area contributed by atoms with Gasteiger partial charge in [0.15, 0.2) is 12.0 Å². The van der Waals surface area contributed by atoms with Crippen LogP contribution in [0.1, 0.15) is 6.92 Å². The minimum atomic E-state index is -1.43. The number of aliphatic hydroxyl groups is 4. The largest absolute Gasteiger partial charge is 0.394 e. The Morgan fingerprint density at radius 3 is 2.47 bits per heavy atom. The standard InChI is InChI=1S/C10H17NO6/c1-5(13)2-3-11-10-9(16)8(15)7(14)6(4-12)17-10/h2-3,6-12,14-16H,4H2,1H3/b3-2-/t6-,7+,8-,9-,10-/m1/s1. The third-order valence-corrected chi connectivity index (χ3v) is 2.47. The minimum absolute atomic E-state index is 0.193. The minimum Gasteiger partial charge on any atom is -0.394 e. The van der Waals surface area contributed by atoms with Gasteiger partial charge in [0.2, 0.25) is 0 Å². The van der Waals surface area contributed by atoms with Gasteiger partial charge in [-0.1, -0.05) is 0 Å². The van der Waals surface area contributed by atoms with Crippen molar-refractivity contribution in [1.29, 1.82) is 0 Å². The molecule has 5 atom stereocenters. The van der Waals surface area contributed by atoms with Crippen LogP contribution in [0.5, 0.6) is 0 Å². The first kappa shape index (κ1) is 14.1. The van der Waals surface area contributed by atoms with E-state index in [1.54, 1.807) is 0 Å². The molecule has 17 heavy (non-hydrogen) atoms. The number of allylic oxidation sites excluding steroid dienone is 1. The molecule has 1 saturated heterocycles. The molecule has 0 aliphatic carbocycles. The van der Waals surface area contributed by atoms with E-state index in [-0.39, 0.29) is 5.78 Å². The van der Waals surface area contributed by atoms with E-state index in [4.69, 9.17) is 9.84 Å². The summed E-state index contributed by atoms with van der Waals surface area (Å²) in [4.78, 5) is 10.6. The van der Waals surface area contributed by atoms with Crippen LogP contribution in [0.15, 0.2) is 12.3 Å². The molecule has 5 N–H and O–H groups in total. The zero-order valence-corrected chi connectivity index (χ0v) is 9.35. The third kappa shape index (κ3) is 3.48. The first-order chi connectivity index (χ1) is 7.97. The lowest BCUT2D eigenvalue weighted by atomic mass is 9.98. The maximum Gasteiger partial charge on any atom is 0.156 e. The monoisotopic (exact) mass is 247 g/mol. The predicted octanol–water partition coefficient (Wildman–Crippen LogP) is -2.52. The normalized spacial score (nSPS) is 38.3. The van der Waals surface area contributed by atoms with Crippen molar-refractivity contribution in [3.63, 3.8) is 0 Å². The second-order valence-corrected chi connectivity index (χ2v) is 3.86. The van der Waals surface area contributed by atoms with Crippen molar-refractivity contribution in [2.45, 2.75) is 37.6 Å². The molecule has 1 rings (SSSR count). The number of carbonyl (C=O) groups is 1. The average molecular weight is 247 g/mol. The van der Waals surface area contributed by atoms with E-state index in [9.17, 15) is 20.1 Å². The molecule has 1 aliphatic rings. The van der Waals surface area contributed by atoms with E-state index in [1.165, 1.54) is 19.2 Å². The molecular formula is C10H17NO6. The van der Waals surface area contributed by atoms with Crippen molar-refractivity contribution in [1.82, 2.24) is 5.32 Å². The zero-order chi connectivity index (χ0) is 13.0. The number of carbonyl (C=O) groups excluding carboxylic acids is 1. The van der Waals surface area contributed by atoms with Crippen LogP contribution in [0.25, 0.3) is 0 Å². The molecule has 1 heterocycles. The SMILES string of the molecule is CC(=O)/C=C\N[C@@H]1O[C@H](CO)[C@H](O)[C@@H](O)[C@H]1O. The van der Waals surface area contributed by atoms with Gasteiger partial charge in [-0.2, -0.15) is 0 Å². The number of ketones is 1. The van der Waals surface area contributed by atoms with Gasteiger partial charge in [-0.05, 0) is 13.0 Å². The van der Waals surface area contributed by atoms with Crippen LogP contribution >= 0.6 is 0 Å². The van der Waals surface area contributed by atoms with Gasteiger partial charge in [-0.3, -0.25) is 4.79 Å². The van der Waals surface area contributed by atoms with Gasteiger partial charge in [0.1, 0.15) is 24.4 Å². The Bertz CT molecular complexity index is 293. The van der Waals surface area contributed by atoms with E-state index in [0.717, 1.165) is 0 Å². The maximum absolute atomic E-state index is 10.6. The summed E-state index contributed by atoms with van der Waals surface area (Å²) in [6.07, 6.45) is -3.63. The summed E-state index contributed by atoms with van der Waals surface area (Å²) >= 11 is 0. The molecule has 7 nitrogen and oxygen atoms in total. The molecule has 0 aromatic carbocycles. The lowest BCUT2D eigenvalue weighted by molar-refractivity contribution is -0.233. The summed E-state index contributed by atoms with van der Waals surface area (Å²) < 4.78 is 5.13. The number of ether oxygens (including phenoxy) is 1. The van der Waals surface area contributed by atoms with Gasteiger partial charge in [-0.15, -0.1) is 0 Å². The Morgan fingerprint density at radius 2 is 1.94 bits per heavy atom. The van der Waals surface area contributed by atoms with Crippen molar-refractivity contribution in [2.24, 2.45) is 0 Å². The quantitative estimate of drug-likeness (QED) is 0.348. The van der Waals surface area contributed by atoms with Crippen LogP contribution in [-0.2, 0) is 9.53 Å². The van der Waals surface area contributed by atoms with Gasteiger partial charge < -0.3 is 30.5 Å². The Morgan fingerprint density at radius 1 is 1.29 bits per heavy atom. The molecule has 0 saturated carbocycles. The first-order valence-electron chi connectivity index (χ1n) is 5.21. The number of aliphatic hydroxyl groups excluding tert-OH is 4. The van der Waals surface area contributed by atoms with Gasteiger partial charge in [0.05, 0.1) is 6.61 Å². The highest BCUT2D eigenvalue weighted by atomic mass is 16.6. The van der Waals surface area contributed by atoms with Crippen molar-refractivity contribution >= 4 is 5.78 Å². The number of hydrogen-bond donors (Lipinski definition) is 5. The Kier molecular flexibility index (Phi) is 5.03. The van der Waals surface area contributed by atoms with Crippen LogP contribution in [0.4, 0.5) is 0 Å². The fraction of sp³-hybridized carbons (Fsp3) is 0.700. The summed E-state index contributed by atoms with van der Waals surface area (Å²) in [6.45, 7) is 0.866. The van der Waals surface area contributed by atoms with E-state index in [0.29, 0.717) is 0 Å². The molecule has 0 bridgehead atoms. The van der Waals surface area contributed by atoms with Crippen LogP contribution < -0.4 is 5.32 Å². The molecule has 1 aliphatic heterocycles. The summed E-state index contributed by atoms with van der Waals surface area (Å²) in [5, 5.41) is 40.0. The number of hydrogen-bond acceptors (Lipinski definition) is 7. The molecule has 0 radical (unpaired) electrons.